The summed E-state index contributed by atoms with van der Waals surface area (Å²) in [6.45, 7) is 11.0. The third kappa shape index (κ3) is 6.62. The molecule has 7 atom stereocenters. The number of halogens is 1. The highest BCUT2D eigenvalue weighted by molar-refractivity contribution is 6.20. The van der Waals surface area contributed by atoms with Crippen LogP contribution in [0.3, 0.4) is 0 Å². The zero-order valence-electron chi connectivity index (χ0n) is 21.0. The lowest BCUT2D eigenvalue weighted by molar-refractivity contribution is -0.132. The Morgan fingerprint density at radius 3 is 2.42 bits per heavy atom. The maximum atomic E-state index is 13.2. The second kappa shape index (κ2) is 11.4. The lowest BCUT2D eigenvalue weighted by atomic mass is 9.75. The maximum absolute atomic E-state index is 13.2. The Bertz CT molecular complexity index is 712. The summed E-state index contributed by atoms with van der Waals surface area (Å²) < 4.78 is 0. The predicted octanol–water partition coefficient (Wildman–Crippen LogP) is 2.48. The fourth-order valence-corrected chi connectivity index (χ4v) is 6.63. The molecule has 3 aliphatic rings. The van der Waals surface area contributed by atoms with Gasteiger partial charge in [-0.25, -0.2) is 0 Å². The SMILES string of the molecule is CC(=O)N1CCC(CN(C)C2CC(Cl)CC(C(=O)NCC3C(=O)NC(C)CC3C)C2C)CC1. The van der Waals surface area contributed by atoms with Crippen LogP contribution in [0.25, 0.3) is 0 Å². The molecule has 1 saturated carbocycles. The molecule has 2 heterocycles. The van der Waals surface area contributed by atoms with E-state index in [4.69, 9.17) is 11.6 Å². The smallest absolute Gasteiger partial charge is 0.225 e. The summed E-state index contributed by atoms with van der Waals surface area (Å²) in [4.78, 5) is 41.5. The lowest BCUT2D eigenvalue weighted by Gasteiger charge is -2.44. The first-order chi connectivity index (χ1) is 15.6. The molecule has 0 radical (unpaired) electrons. The second-order valence-electron chi connectivity index (χ2n) is 11.0. The van der Waals surface area contributed by atoms with Crippen LogP contribution in [0.15, 0.2) is 0 Å². The number of alkyl halides is 1. The van der Waals surface area contributed by atoms with Crippen molar-refractivity contribution >= 4 is 29.3 Å². The summed E-state index contributed by atoms with van der Waals surface area (Å²) in [7, 11) is 2.15. The van der Waals surface area contributed by atoms with Gasteiger partial charge in [0.2, 0.25) is 17.7 Å². The van der Waals surface area contributed by atoms with E-state index >= 15 is 0 Å². The van der Waals surface area contributed by atoms with E-state index in [1.54, 1.807) is 6.92 Å². The van der Waals surface area contributed by atoms with Crippen LogP contribution in [-0.4, -0.2) is 78.2 Å². The molecule has 0 bridgehead atoms. The van der Waals surface area contributed by atoms with Crippen LogP contribution in [0.1, 0.15) is 59.8 Å². The molecule has 8 heteroatoms. The van der Waals surface area contributed by atoms with E-state index in [2.05, 4.69) is 36.4 Å². The molecule has 188 valence electrons. The normalized spacial score (nSPS) is 35.9. The Morgan fingerprint density at radius 2 is 1.82 bits per heavy atom. The third-order valence-corrected chi connectivity index (χ3v) is 8.75. The van der Waals surface area contributed by atoms with E-state index in [1.807, 2.05) is 11.8 Å². The van der Waals surface area contributed by atoms with Crippen molar-refractivity contribution in [2.45, 2.75) is 77.3 Å². The lowest BCUT2D eigenvalue weighted by Crippen LogP contribution is -2.53. The number of piperidine rings is 2. The Morgan fingerprint density at radius 1 is 1.15 bits per heavy atom. The molecule has 2 aliphatic heterocycles. The van der Waals surface area contributed by atoms with Crippen LogP contribution >= 0.6 is 11.6 Å². The van der Waals surface area contributed by atoms with Gasteiger partial charge in [-0.1, -0.05) is 13.8 Å². The van der Waals surface area contributed by atoms with Gasteiger partial charge in [0.1, 0.15) is 0 Å². The maximum Gasteiger partial charge on any atom is 0.225 e. The molecule has 2 saturated heterocycles. The minimum absolute atomic E-state index is 0.0262. The number of amides is 3. The fourth-order valence-electron chi connectivity index (χ4n) is 6.26. The molecule has 33 heavy (non-hydrogen) atoms. The van der Waals surface area contributed by atoms with Crippen molar-refractivity contribution in [3.8, 4) is 0 Å². The minimum atomic E-state index is -0.171. The van der Waals surface area contributed by atoms with Crippen molar-refractivity contribution in [2.75, 3.05) is 33.2 Å². The van der Waals surface area contributed by atoms with E-state index in [1.165, 1.54) is 0 Å². The molecule has 7 unspecified atom stereocenters. The van der Waals surface area contributed by atoms with E-state index in [0.717, 1.165) is 45.3 Å². The van der Waals surface area contributed by atoms with Gasteiger partial charge < -0.3 is 20.4 Å². The molecule has 3 amide bonds. The second-order valence-corrected chi connectivity index (χ2v) is 11.6. The number of hydrogen-bond acceptors (Lipinski definition) is 4. The van der Waals surface area contributed by atoms with Gasteiger partial charge in [-0.2, -0.15) is 0 Å². The summed E-state index contributed by atoms with van der Waals surface area (Å²) in [5, 5.41) is 6.07. The standard InChI is InChI=1S/C25H43ClN4O3/c1-15-10-16(2)28-25(33)22(15)13-27-24(32)21-11-20(26)12-23(17(21)3)29(5)14-19-6-8-30(9-7-19)18(4)31/h15-17,19-23H,6-14H2,1-5H3,(H,27,32)(H,28,33). The number of hydrogen-bond donors (Lipinski definition) is 2. The molecule has 0 aromatic rings. The third-order valence-electron chi connectivity index (χ3n) is 8.39. The average molecular weight is 483 g/mol. The molecule has 2 N–H and O–H groups in total. The summed E-state index contributed by atoms with van der Waals surface area (Å²) in [6.07, 6.45) is 4.56. The molecule has 3 rings (SSSR count). The highest BCUT2D eigenvalue weighted by Gasteiger charge is 2.41. The van der Waals surface area contributed by atoms with Crippen LogP contribution < -0.4 is 10.6 Å². The molecule has 7 nitrogen and oxygen atoms in total. The van der Waals surface area contributed by atoms with E-state index < -0.39 is 0 Å². The molecule has 0 spiro atoms. The number of nitrogens with one attached hydrogen (secondary N) is 2. The van der Waals surface area contributed by atoms with Gasteiger partial charge >= 0.3 is 0 Å². The Labute approximate surface area is 204 Å². The van der Waals surface area contributed by atoms with Crippen LogP contribution in [0.4, 0.5) is 0 Å². The zero-order chi connectivity index (χ0) is 24.3. The molecule has 1 aliphatic carbocycles. The number of rotatable bonds is 6. The number of likely N-dealkylation sites (tertiary alicyclic amines) is 1. The summed E-state index contributed by atoms with van der Waals surface area (Å²) in [5.41, 5.74) is 0. The highest BCUT2D eigenvalue weighted by atomic mass is 35.5. The highest BCUT2D eigenvalue weighted by Crippen LogP contribution is 2.36. The average Bonchev–Trinajstić information content (AvgIpc) is 2.74. The number of nitrogens with zero attached hydrogens (tertiary/aromatic N) is 2. The topological polar surface area (TPSA) is 81.8 Å². The quantitative estimate of drug-likeness (QED) is 0.570. The fraction of sp³-hybridized carbons (Fsp3) is 0.880. The van der Waals surface area contributed by atoms with Crippen molar-refractivity contribution in [1.29, 1.82) is 0 Å². The molecular weight excluding hydrogens is 440 g/mol. The Hall–Kier alpha value is -1.34. The molecular formula is C25H43ClN4O3. The van der Waals surface area contributed by atoms with Crippen LogP contribution in [0.2, 0.25) is 0 Å². The van der Waals surface area contributed by atoms with Gasteiger partial charge in [-0.3, -0.25) is 14.4 Å². The predicted molar refractivity (Wildman–Crippen MR) is 131 cm³/mol. The summed E-state index contributed by atoms with van der Waals surface area (Å²) in [5.74, 6) is 0.934. The monoisotopic (exact) mass is 482 g/mol. The van der Waals surface area contributed by atoms with Crippen LogP contribution in [0, 0.1) is 29.6 Å². The van der Waals surface area contributed by atoms with Gasteiger partial charge in [0.05, 0.1) is 5.92 Å². The summed E-state index contributed by atoms with van der Waals surface area (Å²) in [6, 6.07) is 0.446. The van der Waals surface area contributed by atoms with Crippen LogP contribution in [-0.2, 0) is 14.4 Å². The first-order valence-corrected chi connectivity index (χ1v) is 13.2. The minimum Gasteiger partial charge on any atom is -0.355 e. The van der Waals surface area contributed by atoms with Gasteiger partial charge in [0.25, 0.3) is 0 Å². The Kier molecular flexibility index (Phi) is 9.07. The van der Waals surface area contributed by atoms with Crippen molar-refractivity contribution in [2.24, 2.45) is 29.6 Å². The van der Waals surface area contributed by atoms with Gasteiger partial charge in [-0.05, 0) is 63.8 Å². The van der Waals surface area contributed by atoms with Crippen LogP contribution in [0.5, 0.6) is 0 Å². The number of carbonyl (C=O) groups excluding carboxylic acids is 3. The largest absolute Gasteiger partial charge is 0.355 e. The first kappa shape index (κ1) is 26.3. The van der Waals surface area contributed by atoms with Crippen molar-refractivity contribution in [3.05, 3.63) is 0 Å². The number of carbonyl (C=O) groups is 3. The molecule has 0 aromatic heterocycles. The van der Waals surface area contributed by atoms with E-state index in [9.17, 15) is 14.4 Å². The first-order valence-electron chi connectivity index (χ1n) is 12.7. The summed E-state index contributed by atoms with van der Waals surface area (Å²) >= 11 is 6.65. The van der Waals surface area contributed by atoms with Crippen molar-refractivity contribution in [3.63, 3.8) is 0 Å². The zero-order valence-corrected chi connectivity index (χ0v) is 21.7. The van der Waals surface area contributed by atoms with Crippen molar-refractivity contribution < 1.29 is 14.4 Å². The van der Waals surface area contributed by atoms with Crippen molar-refractivity contribution in [1.82, 2.24) is 20.4 Å². The molecule has 3 fully saturated rings. The Balaban J connectivity index is 1.54. The van der Waals surface area contributed by atoms with Gasteiger partial charge in [0.15, 0.2) is 0 Å². The van der Waals surface area contributed by atoms with E-state index in [0.29, 0.717) is 18.9 Å². The molecule has 0 aromatic carbocycles. The van der Waals surface area contributed by atoms with Gasteiger partial charge in [-0.15, -0.1) is 11.6 Å². The van der Waals surface area contributed by atoms with E-state index in [-0.39, 0.29) is 58.9 Å². The van der Waals surface area contributed by atoms with Gasteiger partial charge in [0, 0.05) is 56.5 Å².